The first kappa shape index (κ1) is 131. The van der Waals surface area contributed by atoms with Crippen LogP contribution >= 0.6 is 0 Å². The van der Waals surface area contributed by atoms with Gasteiger partial charge in [-0.2, -0.15) is 0 Å². The maximum Gasteiger partial charge on any atom is 1.00 e. The molecule has 32 N–H and O–H groups in total. The number of carboxylic acid groups (broad SMARTS) is 32. The monoisotopic (exact) mass is 1090 g/mol. The molecule has 0 aromatic rings. The molecule has 0 aromatic carbocycles. The van der Waals surface area contributed by atoms with Crippen molar-refractivity contribution in [1.82, 2.24) is 0 Å². The van der Waals surface area contributed by atoms with Crippen LogP contribution in [-0.4, -0.2) is 262 Å². The van der Waals surface area contributed by atoms with Gasteiger partial charge in [-0.1, -0.05) is 0 Å². The molecule has 0 aromatic heterocycles. The predicted octanol–water partition coefficient (Wildman–Crippen LogP) is -7.98. The molecule has 0 saturated heterocycles. The first-order chi connectivity index (χ1) is 27.7. The molecule has 0 saturated carbocycles. The summed E-state index contributed by atoms with van der Waals surface area (Å²) in [6.45, 7) is 0. The Bertz CT molecular complexity index is 848. The van der Waals surface area contributed by atoms with Gasteiger partial charge in [-0.25, -0.2) is 76.7 Å². The second-order valence-corrected chi connectivity index (χ2v) is 4.52. The number of rotatable bonds is 0. The van der Waals surface area contributed by atoms with Gasteiger partial charge in [0.15, 0.2) is 0 Å². The molecule has 68 heavy (non-hydrogen) atoms. The van der Waals surface area contributed by atoms with Crippen LogP contribution in [0, 0.1) is 0 Å². The Balaban J connectivity index is -0.0000000154. The van der Waals surface area contributed by atoms with E-state index in [9.17, 15) is 0 Å². The van der Waals surface area contributed by atoms with Gasteiger partial charge in [0, 0.05) is 0 Å². The van der Waals surface area contributed by atoms with Gasteiger partial charge < -0.3 is 169 Å². The smallest absolute Gasteiger partial charge is 1.00 e. The summed E-state index contributed by atoms with van der Waals surface area (Å²) in [7, 11) is 0. The fourth-order valence-electron chi connectivity index (χ4n) is 0. The molecule has 0 bridgehead atoms. The zero-order valence-corrected chi connectivity index (χ0v) is 40.8. The van der Waals surface area contributed by atoms with Crippen LogP contribution in [0.3, 0.4) is 0 Å². The molecule has 0 radical (unpaired) electrons. The van der Waals surface area contributed by atoms with Crippen LogP contribution in [0.5, 0.6) is 0 Å². The Kier molecular flexibility index (Phi) is 238. The quantitative estimate of drug-likeness (QED) is 0.100. The van der Waals surface area contributed by atoms with Crippen LogP contribution in [0.2, 0.25) is 0 Å². The third kappa shape index (κ3) is 3250. The molecule has 48 nitrogen and oxygen atoms in total. The molecule has 52 heteroatoms. The molecule has 0 aliphatic rings. The molecule has 0 spiro atoms. The molecule has 0 amide bonds. The summed E-state index contributed by atoms with van der Waals surface area (Å²) in [4.78, 5) is 137. The number of hydrogen-bond acceptors (Lipinski definition) is 16. The minimum atomic E-state index is -1.83. The van der Waals surface area contributed by atoms with Crippen LogP contribution in [0.1, 0.15) is 5.71 Å². The van der Waals surface area contributed by atoms with E-state index in [0.717, 1.165) is 0 Å². The predicted molar refractivity (Wildman–Crippen MR) is 175 cm³/mol. The summed E-state index contributed by atoms with van der Waals surface area (Å²) in [5, 5.41) is 223. The van der Waals surface area contributed by atoms with Gasteiger partial charge in [-0.05, 0) is 0 Å². The normalized spacial score (nSPS) is 5.65. The average Bonchev–Trinajstić information content (AvgIpc) is 2.83. The van der Waals surface area contributed by atoms with Crippen LogP contribution in [-0.2, 0) is 0 Å². The van der Waals surface area contributed by atoms with E-state index >= 15 is 0 Å². The van der Waals surface area contributed by atoms with Crippen molar-refractivity contribution in [3.05, 3.63) is 0 Å². The van der Waals surface area contributed by atoms with Gasteiger partial charge in [-0.15, -0.1) is 0 Å². The third-order valence-corrected chi connectivity index (χ3v) is 0. The van der Waals surface area contributed by atoms with Gasteiger partial charge in [0.2, 0.25) is 0 Å². The van der Waals surface area contributed by atoms with Crippen molar-refractivity contribution < 1.29 is 364 Å². The van der Waals surface area contributed by atoms with Gasteiger partial charge in [0.25, 0.3) is 0 Å². The first-order valence-electron chi connectivity index (χ1n) is 10.4. The Morgan fingerprint density at radius 1 is 0.118 bits per heavy atom. The van der Waals surface area contributed by atoms with Crippen LogP contribution in [0.4, 0.5) is 76.7 Å². The van der Waals surface area contributed by atoms with Crippen LogP contribution in [0.15, 0.2) is 0 Å². The average molecular weight is 1090 g/mol. The molecular formula is C16H36Na4O48. The Morgan fingerprint density at radius 3 is 0.118 bits per heavy atom. The van der Waals surface area contributed by atoms with Gasteiger partial charge >= 0.3 is 217 Å². The van der Waals surface area contributed by atoms with E-state index in [2.05, 4.69) is 0 Å². The summed E-state index contributed by atoms with van der Waals surface area (Å²) in [5.74, 6) is 0. The molecule has 0 rings (SSSR count). The van der Waals surface area contributed by atoms with Gasteiger partial charge in [-0.3, -0.25) is 0 Å². The van der Waals surface area contributed by atoms with Crippen molar-refractivity contribution >= 4 is 98.5 Å². The zero-order valence-electron chi connectivity index (χ0n) is 36.8. The Labute approximate surface area is 459 Å². The van der Waals surface area contributed by atoms with Crippen molar-refractivity contribution in [3.8, 4) is 0 Å². The van der Waals surface area contributed by atoms with Crippen molar-refractivity contribution in [1.29, 1.82) is 0 Å². The van der Waals surface area contributed by atoms with E-state index in [4.69, 9.17) is 240 Å². The minimum absolute atomic E-state index is 0. The molecule has 0 aliphatic heterocycles. The Hall–Kier alpha value is -7.68. The summed E-state index contributed by atoms with van der Waals surface area (Å²) in [6, 6.07) is 0. The topological polar surface area (TPSA) is 920 Å². The van der Waals surface area contributed by atoms with Crippen LogP contribution in [0.25, 0.3) is 0 Å². The van der Waals surface area contributed by atoms with Crippen molar-refractivity contribution in [2.45, 2.75) is 0 Å². The van der Waals surface area contributed by atoms with Gasteiger partial charge in [0.05, 0.1) is 0 Å². The minimum Gasteiger partial charge on any atom is -1.00 e. The maximum atomic E-state index is 8.56. The SMILES string of the molecule is O=C(O)O.O=C(O)O.O=C(O)O.O=C(O)O.O=C(O)O.O=C(O)O.O=C(O)O.O=C(O)O.O=C(O)O.O=C(O)O.O=C(O)O.O=C(O)O.O=C(O)O.O=C(O)O.O=C(O)O.O=C(O)O.[H-].[H-].[H-].[H-].[Na+].[Na+].[Na+].[Na+]. The Morgan fingerprint density at radius 2 is 0.118 bits per heavy atom. The van der Waals surface area contributed by atoms with E-state index < -0.39 is 98.5 Å². The van der Waals surface area contributed by atoms with Crippen molar-refractivity contribution in [2.75, 3.05) is 0 Å². The summed E-state index contributed by atoms with van der Waals surface area (Å²) < 4.78 is 0. The summed E-state index contributed by atoms with van der Waals surface area (Å²) in [5.41, 5.74) is 0. The fraction of sp³-hybridized carbons (Fsp3) is 0. The molecular weight excluding hydrogens is 1050 g/mol. The third-order valence-electron chi connectivity index (χ3n) is 0. The van der Waals surface area contributed by atoms with E-state index in [1.54, 1.807) is 0 Å². The van der Waals surface area contributed by atoms with Gasteiger partial charge in [0.1, 0.15) is 0 Å². The van der Waals surface area contributed by atoms with Crippen molar-refractivity contribution in [2.24, 2.45) is 0 Å². The second kappa shape index (κ2) is 124. The molecule has 0 heterocycles. The molecule has 0 atom stereocenters. The fourth-order valence-corrected chi connectivity index (χ4v) is 0. The number of hydrogen-bond donors (Lipinski definition) is 32. The summed E-state index contributed by atoms with van der Waals surface area (Å²) in [6.07, 6.45) is -29.3. The standard InChI is InChI=1S/16CH2O3.4Na.4H/c16*2-1(3)4;;;;;;;;/h16*(H2,2,3,4);;;;;;;;/q;;;;;;;;;;;;;;;;4*+1;4*-1. The van der Waals surface area contributed by atoms with E-state index in [1.165, 1.54) is 0 Å². The molecule has 392 valence electrons. The molecule has 0 unspecified atom stereocenters. The largest absolute Gasteiger partial charge is 1.00 e. The zero-order chi connectivity index (χ0) is 57.2. The van der Waals surface area contributed by atoms with E-state index in [-0.39, 0.29) is 124 Å². The van der Waals surface area contributed by atoms with Crippen molar-refractivity contribution in [3.63, 3.8) is 0 Å². The van der Waals surface area contributed by atoms with E-state index in [0.29, 0.717) is 0 Å². The molecule has 0 fully saturated rings. The second-order valence-electron chi connectivity index (χ2n) is 4.52. The molecule has 0 aliphatic carbocycles. The first-order valence-corrected chi connectivity index (χ1v) is 10.4. The van der Waals surface area contributed by atoms with Crippen LogP contribution < -0.4 is 118 Å². The maximum absolute atomic E-state index is 8.56. The number of carbonyl (C=O) groups is 16. The summed E-state index contributed by atoms with van der Waals surface area (Å²) >= 11 is 0. The van der Waals surface area contributed by atoms with E-state index in [1.807, 2.05) is 0 Å².